The number of para-hydroxylation sites is 1. The van der Waals surface area contributed by atoms with Crippen LogP contribution in [0.5, 0.6) is 11.5 Å². The van der Waals surface area contributed by atoms with E-state index in [9.17, 15) is 12.8 Å². The number of hydrogen-bond acceptors (Lipinski definition) is 5. The van der Waals surface area contributed by atoms with E-state index in [4.69, 9.17) is 32.7 Å². The van der Waals surface area contributed by atoms with Crippen LogP contribution in [-0.2, 0) is 16.6 Å². The number of sulfonamides is 1. The van der Waals surface area contributed by atoms with Gasteiger partial charge >= 0.3 is 0 Å². The van der Waals surface area contributed by atoms with E-state index in [2.05, 4.69) is 9.71 Å². The maximum absolute atomic E-state index is 13.2. The first-order valence-electron chi connectivity index (χ1n) is 8.94. The number of ether oxygens (including phenoxy) is 2. The van der Waals surface area contributed by atoms with Crippen LogP contribution < -0.4 is 14.8 Å². The Morgan fingerprint density at radius 2 is 1.84 bits per heavy atom. The van der Waals surface area contributed by atoms with E-state index in [0.717, 1.165) is 0 Å². The Balaban J connectivity index is 1.66. The Labute approximate surface area is 188 Å². The van der Waals surface area contributed by atoms with Gasteiger partial charge < -0.3 is 14.8 Å². The second-order valence-corrected chi connectivity index (χ2v) is 8.94. The van der Waals surface area contributed by atoms with Crippen molar-refractivity contribution in [2.24, 2.45) is 4.40 Å². The van der Waals surface area contributed by atoms with E-state index in [0.29, 0.717) is 16.8 Å². The molecule has 4 rings (SSSR count). The first kappa shape index (κ1) is 21.4. The summed E-state index contributed by atoms with van der Waals surface area (Å²) in [5, 5.41) is 3.39. The summed E-state index contributed by atoms with van der Waals surface area (Å²) in [6.07, 6.45) is 0. The number of methoxy groups -OCH3 is 1. The third kappa shape index (κ3) is 4.32. The Bertz CT molecular complexity index is 1310. The van der Waals surface area contributed by atoms with Crippen LogP contribution in [0.15, 0.2) is 63.9 Å². The quantitative estimate of drug-likeness (QED) is 0.537. The van der Waals surface area contributed by atoms with Crippen LogP contribution in [0.25, 0.3) is 0 Å². The third-order valence-corrected chi connectivity index (χ3v) is 6.49. The summed E-state index contributed by atoms with van der Waals surface area (Å²) in [5.74, 6) is 0.146. The Kier molecular flexibility index (Phi) is 5.79. The molecule has 1 aliphatic rings. The molecule has 0 radical (unpaired) electrons. The van der Waals surface area contributed by atoms with Crippen molar-refractivity contribution in [2.75, 3.05) is 12.4 Å². The highest BCUT2D eigenvalue weighted by Crippen LogP contribution is 2.38. The monoisotopic (exact) mass is 480 g/mol. The van der Waals surface area contributed by atoms with Crippen molar-refractivity contribution in [1.82, 2.24) is 0 Å². The highest BCUT2D eigenvalue weighted by Gasteiger charge is 2.26. The largest absolute Gasteiger partial charge is 0.493 e. The van der Waals surface area contributed by atoms with Crippen LogP contribution in [0, 0.1) is 5.82 Å². The van der Waals surface area contributed by atoms with Gasteiger partial charge in [-0.05, 0) is 36.4 Å². The van der Waals surface area contributed by atoms with Gasteiger partial charge in [0.1, 0.15) is 17.3 Å². The molecule has 31 heavy (non-hydrogen) atoms. The molecule has 10 heteroatoms. The fourth-order valence-corrected chi connectivity index (χ4v) is 4.65. The maximum atomic E-state index is 13.2. The van der Waals surface area contributed by atoms with E-state index < -0.39 is 15.8 Å². The first-order valence-corrected chi connectivity index (χ1v) is 11.1. The molecule has 0 saturated carbocycles. The number of nitrogens with zero attached hydrogens (tertiary/aromatic N) is 1. The summed E-state index contributed by atoms with van der Waals surface area (Å²) in [4.78, 5) is 0.0907. The second-order valence-electron chi connectivity index (χ2n) is 6.55. The summed E-state index contributed by atoms with van der Waals surface area (Å²) >= 11 is 12.4. The molecule has 1 N–H and O–H groups in total. The molecule has 1 heterocycles. The minimum atomic E-state index is -3.87. The van der Waals surface area contributed by atoms with Gasteiger partial charge in [-0.25, -0.2) is 4.39 Å². The molecule has 0 unspecified atom stereocenters. The lowest BCUT2D eigenvalue weighted by molar-refractivity contribution is 0.284. The second kappa shape index (κ2) is 8.37. The van der Waals surface area contributed by atoms with E-state index in [1.54, 1.807) is 24.3 Å². The van der Waals surface area contributed by atoms with Crippen LogP contribution in [0.1, 0.15) is 11.1 Å². The summed E-state index contributed by atoms with van der Waals surface area (Å²) in [6.45, 7) is 0.0233. The molecule has 0 saturated heterocycles. The number of fused-ring (bicyclic) bond motifs is 1. The molecule has 0 aromatic heterocycles. The molecule has 3 aromatic rings. The van der Waals surface area contributed by atoms with Crippen LogP contribution >= 0.6 is 23.2 Å². The maximum Gasteiger partial charge on any atom is 0.286 e. The lowest BCUT2D eigenvalue weighted by atomic mass is 10.1. The van der Waals surface area contributed by atoms with E-state index in [1.165, 1.54) is 37.4 Å². The van der Waals surface area contributed by atoms with Crippen molar-refractivity contribution < 1.29 is 22.3 Å². The van der Waals surface area contributed by atoms with Crippen LogP contribution in [-0.4, -0.2) is 21.4 Å². The SMILES string of the molecule is COc1cc(C2=NS(=O)(=O)c3ccccc3N2)cc(Cl)c1OCc1ccc(F)cc1Cl. The molecule has 0 fully saturated rings. The zero-order valence-electron chi connectivity index (χ0n) is 16.0. The number of benzene rings is 3. The molecule has 1 aliphatic heterocycles. The first-order chi connectivity index (χ1) is 14.8. The predicted molar refractivity (Wildman–Crippen MR) is 118 cm³/mol. The molecule has 0 atom stereocenters. The third-order valence-electron chi connectivity index (χ3n) is 4.52. The lowest BCUT2D eigenvalue weighted by Crippen LogP contribution is -2.22. The average Bonchev–Trinajstić information content (AvgIpc) is 2.73. The van der Waals surface area contributed by atoms with Gasteiger partial charge in [0.2, 0.25) is 0 Å². The molecular weight excluding hydrogens is 466 g/mol. The minimum absolute atomic E-state index is 0.0233. The molecule has 160 valence electrons. The van der Waals surface area contributed by atoms with Crippen molar-refractivity contribution in [1.29, 1.82) is 0 Å². The van der Waals surface area contributed by atoms with Crippen LogP contribution in [0.4, 0.5) is 10.1 Å². The summed E-state index contributed by atoms with van der Waals surface area (Å²) in [5.41, 5.74) is 1.37. The van der Waals surface area contributed by atoms with Crippen LogP contribution in [0.2, 0.25) is 10.0 Å². The van der Waals surface area contributed by atoms with Gasteiger partial charge in [0.05, 0.1) is 22.8 Å². The summed E-state index contributed by atoms with van der Waals surface area (Å²) in [6, 6.07) is 13.5. The van der Waals surface area contributed by atoms with Gasteiger partial charge in [0.25, 0.3) is 10.0 Å². The number of amidine groups is 1. The average molecular weight is 481 g/mol. The number of rotatable bonds is 5. The van der Waals surface area contributed by atoms with E-state index in [1.807, 2.05) is 0 Å². The molecule has 6 nitrogen and oxygen atoms in total. The van der Waals surface area contributed by atoms with Crippen LogP contribution in [0.3, 0.4) is 0 Å². The highest BCUT2D eigenvalue weighted by molar-refractivity contribution is 7.90. The Morgan fingerprint density at radius 3 is 2.58 bits per heavy atom. The number of halogens is 3. The molecule has 0 spiro atoms. The molecule has 0 aliphatic carbocycles. The molecule has 3 aromatic carbocycles. The minimum Gasteiger partial charge on any atom is -0.493 e. The normalized spacial score (nSPS) is 14.3. The number of hydrogen-bond donors (Lipinski definition) is 1. The predicted octanol–water partition coefficient (Wildman–Crippen LogP) is 5.28. The van der Waals surface area contributed by atoms with Gasteiger partial charge in [0, 0.05) is 11.1 Å². The number of nitrogens with one attached hydrogen (secondary N) is 1. The van der Waals surface area contributed by atoms with Crippen molar-refractivity contribution in [2.45, 2.75) is 11.5 Å². The van der Waals surface area contributed by atoms with E-state index >= 15 is 0 Å². The Hall–Kier alpha value is -2.81. The van der Waals surface area contributed by atoms with Gasteiger partial charge in [-0.15, -0.1) is 4.40 Å². The van der Waals surface area contributed by atoms with Crippen molar-refractivity contribution in [3.05, 3.63) is 81.6 Å². The van der Waals surface area contributed by atoms with Crippen molar-refractivity contribution >= 4 is 44.7 Å². The van der Waals surface area contributed by atoms with Crippen molar-refractivity contribution in [3.8, 4) is 11.5 Å². The highest BCUT2D eigenvalue weighted by atomic mass is 35.5. The summed E-state index contributed by atoms with van der Waals surface area (Å²) < 4.78 is 53.3. The van der Waals surface area contributed by atoms with Crippen molar-refractivity contribution in [3.63, 3.8) is 0 Å². The van der Waals surface area contributed by atoms with Gasteiger partial charge in [-0.2, -0.15) is 8.42 Å². The zero-order valence-corrected chi connectivity index (χ0v) is 18.4. The molecule has 0 amide bonds. The topological polar surface area (TPSA) is 77.0 Å². The molecule has 0 bridgehead atoms. The van der Waals surface area contributed by atoms with Gasteiger partial charge in [0.15, 0.2) is 17.3 Å². The van der Waals surface area contributed by atoms with Gasteiger partial charge in [-0.3, -0.25) is 0 Å². The number of anilines is 1. The summed E-state index contributed by atoms with van der Waals surface area (Å²) in [7, 11) is -2.45. The standard InChI is InChI=1S/C21H15Cl2FN2O4S/c1-29-18-9-13(21-25-17-4-2-3-5-19(17)31(27,28)26-21)8-16(23)20(18)30-11-12-6-7-14(24)10-15(12)22/h2-10H,11H2,1H3,(H,25,26). The zero-order chi connectivity index (χ0) is 22.2. The lowest BCUT2D eigenvalue weighted by Gasteiger charge is -2.20. The van der Waals surface area contributed by atoms with E-state index in [-0.39, 0.29) is 38.9 Å². The van der Waals surface area contributed by atoms with Gasteiger partial charge in [-0.1, -0.05) is 41.4 Å². The fraction of sp³-hybridized carbons (Fsp3) is 0.0952. The Morgan fingerprint density at radius 1 is 1.06 bits per heavy atom. The molecular formula is C21H15Cl2FN2O4S. The fourth-order valence-electron chi connectivity index (χ4n) is 3.02. The smallest absolute Gasteiger partial charge is 0.286 e.